The van der Waals surface area contributed by atoms with Gasteiger partial charge in [-0.15, -0.1) is 0 Å². The van der Waals surface area contributed by atoms with E-state index in [4.69, 9.17) is 0 Å². The number of nitrogens with one attached hydrogen (secondary N) is 1. The van der Waals surface area contributed by atoms with Gasteiger partial charge >= 0.3 is 18.4 Å². The van der Waals surface area contributed by atoms with E-state index in [1.54, 1.807) is 4.90 Å². The molecule has 2 aromatic rings. The Bertz CT molecular complexity index is 1080. The second-order valence-corrected chi connectivity index (χ2v) is 9.77. The molecule has 2 amide bonds. The maximum Gasteiger partial charge on any atom is 0.416 e. The number of fused-ring (bicyclic) bond motifs is 1. The minimum Gasteiger partial charge on any atom is -0.321 e. The summed E-state index contributed by atoms with van der Waals surface area (Å²) in [5.74, 6) is 0.553. The van der Waals surface area contributed by atoms with Crippen molar-refractivity contribution >= 4 is 6.03 Å². The van der Waals surface area contributed by atoms with Gasteiger partial charge in [-0.05, 0) is 67.6 Å². The van der Waals surface area contributed by atoms with Crippen molar-refractivity contribution in [2.24, 2.45) is 11.8 Å². The number of hydrogen-bond acceptors (Lipinski definition) is 2. The van der Waals surface area contributed by atoms with Crippen molar-refractivity contribution in [1.82, 2.24) is 15.1 Å². The molecule has 0 spiro atoms. The van der Waals surface area contributed by atoms with Gasteiger partial charge in [0.15, 0.2) is 0 Å². The first-order valence-corrected chi connectivity index (χ1v) is 11.9. The molecule has 10 heteroatoms. The third kappa shape index (κ3) is 5.05. The van der Waals surface area contributed by atoms with Crippen molar-refractivity contribution in [2.45, 2.75) is 44.7 Å². The first-order valence-electron chi connectivity index (χ1n) is 11.9. The smallest absolute Gasteiger partial charge is 0.321 e. The summed E-state index contributed by atoms with van der Waals surface area (Å²) in [6.45, 7) is 5.45. The molecular weight excluding hydrogens is 484 g/mol. The fraction of sp³-hybridized carbons (Fsp3) is 0.500. The Labute approximate surface area is 206 Å². The Balaban J connectivity index is 1.68. The second-order valence-electron chi connectivity index (χ2n) is 9.77. The maximum absolute atomic E-state index is 13.7. The summed E-state index contributed by atoms with van der Waals surface area (Å²) < 4.78 is 80.3. The van der Waals surface area contributed by atoms with Crippen molar-refractivity contribution < 1.29 is 31.1 Å². The molecule has 2 fully saturated rings. The van der Waals surface area contributed by atoms with Gasteiger partial charge in [0, 0.05) is 26.1 Å². The van der Waals surface area contributed by atoms with Gasteiger partial charge in [-0.3, -0.25) is 0 Å². The second kappa shape index (κ2) is 9.61. The van der Waals surface area contributed by atoms with Gasteiger partial charge in [-0.1, -0.05) is 24.3 Å². The van der Waals surface area contributed by atoms with E-state index in [2.05, 4.69) is 5.32 Å². The number of benzene rings is 2. The van der Waals surface area contributed by atoms with Crippen LogP contribution in [0.15, 0.2) is 42.5 Å². The highest BCUT2D eigenvalue weighted by Gasteiger charge is 2.45. The van der Waals surface area contributed by atoms with E-state index in [9.17, 15) is 31.1 Å². The standard InChI is InChI=1S/C26H29F6N3O/c1-15-6-4-5-7-21(15)23-22-14-33-13-17(22)8-9-35(23)24(36)34(3)16(2)18-10-19(25(27,28)29)12-20(11-18)26(30,31)32/h4-7,10-12,16-17,22-23,33H,8-9,13-14H2,1-3H3/t16-,17-,22-,23+/m1/s1. The molecule has 36 heavy (non-hydrogen) atoms. The zero-order valence-electron chi connectivity index (χ0n) is 20.2. The molecule has 2 aliphatic rings. The maximum atomic E-state index is 13.7. The van der Waals surface area contributed by atoms with Crippen LogP contribution in [-0.2, 0) is 12.4 Å². The lowest BCUT2D eigenvalue weighted by molar-refractivity contribution is -0.143. The average Bonchev–Trinajstić information content (AvgIpc) is 3.30. The van der Waals surface area contributed by atoms with E-state index in [1.165, 1.54) is 18.9 Å². The fourth-order valence-electron chi connectivity index (χ4n) is 5.46. The number of aryl methyl sites for hydroxylation is 1. The van der Waals surface area contributed by atoms with Gasteiger partial charge in [0.1, 0.15) is 0 Å². The SMILES string of the molecule is Cc1ccccc1[C@H]1[C@@H]2CNC[C@H]2CCN1C(=O)N(C)[C@H](C)c1cc(C(F)(F)F)cc(C(F)(F)F)c1. The number of rotatable bonds is 3. The van der Waals surface area contributed by atoms with Crippen LogP contribution in [0, 0.1) is 18.8 Å². The zero-order chi connectivity index (χ0) is 26.4. The van der Waals surface area contributed by atoms with Gasteiger partial charge in [0.2, 0.25) is 0 Å². The average molecular weight is 514 g/mol. The number of hydrogen-bond donors (Lipinski definition) is 1. The van der Waals surface area contributed by atoms with Crippen molar-refractivity contribution in [2.75, 3.05) is 26.7 Å². The van der Waals surface area contributed by atoms with E-state index in [1.807, 2.05) is 31.2 Å². The molecule has 4 rings (SSSR count). The minimum atomic E-state index is -4.95. The molecule has 196 valence electrons. The highest BCUT2D eigenvalue weighted by molar-refractivity contribution is 5.75. The monoisotopic (exact) mass is 513 g/mol. The van der Waals surface area contributed by atoms with Crippen LogP contribution in [0.1, 0.15) is 53.2 Å². The van der Waals surface area contributed by atoms with Crippen LogP contribution in [0.2, 0.25) is 0 Å². The van der Waals surface area contributed by atoms with Crippen molar-refractivity contribution in [3.8, 4) is 0 Å². The molecule has 0 aromatic heterocycles. The summed E-state index contributed by atoms with van der Waals surface area (Å²) in [5, 5.41) is 3.40. The normalized spacial score (nSPS) is 23.4. The number of likely N-dealkylation sites (tertiary alicyclic amines) is 1. The highest BCUT2D eigenvalue weighted by atomic mass is 19.4. The Hall–Kier alpha value is -2.75. The Kier molecular flexibility index (Phi) is 7.02. The molecule has 2 saturated heterocycles. The molecule has 0 bridgehead atoms. The third-order valence-corrected chi connectivity index (χ3v) is 7.60. The number of piperidine rings is 1. The molecular formula is C26H29F6N3O. The van der Waals surface area contributed by atoms with Gasteiger partial charge in [-0.2, -0.15) is 26.3 Å². The number of alkyl halides is 6. The van der Waals surface area contributed by atoms with Crippen LogP contribution in [0.25, 0.3) is 0 Å². The fourth-order valence-corrected chi connectivity index (χ4v) is 5.46. The lowest BCUT2D eigenvalue weighted by Gasteiger charge is -2.45. The van der Waals surface area contributed by atoms with E-state index in [-0.39, 0.29) is 23.6 Å². The Morgan fingerprint density at radius 1 is 1.03 bits per heavy atom. The van der Waals surface area contributed by atoms with Crippen molar-refractivity contribution in [3.63, 3.8) is 0 Å². The summed E-state index contributed by atoms with van der Waals surface area (Å²) in [5.41, 5.74) is -0.982. The van der Waals surface area contributed by atoms with Crippen LogP contribution in [-0.4, -0.2) is 42.5 Å². The van der Waals surface area contributed by atoms with Gasteiger partial charge in [0.25, 0.3) is 0 Å². The molecule has 4 nitrogen and oxygen atoms in total. The quantitative estimate of drug-likeness (QED) is 0.481. The van der Waals surface area contributed by atoms with E-state index >= 15 is 0 Å². The third-order valence-electron chi connectivity index (χ3n) is 7.60. The molecule has 4 atom stereocenters. The number of nitrogens with zero attached hydrogens (tertiary/aromatic N) is 2. The molecule has 0 unspecified atom stereocenters. The molecule has 2 aliphatic heterocycles. The highest BCUT2D eigenvalue weighted by Crippen LogP contribution is 2.43. The minimum absolute atomic E-state index is 0.101. The lowest BCUT2D eigenvalue weighted by Crippen LogP contribution is -2.51. The molecule has 2 heterocycles. The number of halogens is 6. The number of carbonyl (C=O) groups is 1. The van der Waals surface area contributed by atoms with Crippen molar-refractivity contribution in [3.05, 3.63) is 70.3 Å². The summed E-state index contributed by atoms with van der Waals surface area (Å²) >= 11 is 0. The van der Waals surface area contributed by atoms with Gasteiger partial charge in [0.05, 0.1) is 23.2 Å². The predicted molar refractivity (Wildman–Crippen MR) is 123 cm³/mol. The van der Waals surface area contributed by atoms with E-state index in [0.29, 0.717) is 24.6 Å². The summed E-state index contributed by atoms with van der Waals surface area (Å²) in [6.07, 6.45) is -9.13. The van der Waals surface area contributed by atoms with Crippen LogP contribution in [0.3, 0.4) is 0 Å². The number of amides is 2. The Morgan fingerprint density at radius 2 is 1.64 bits per heavy atom. The van der Waals surface area contributed by atoms with E-state index < -0.39 is 35.6 Å². The first-order chi connectivity index (χ1) is 16.8. The van der Waals surface area contributed by atoms with E-state index in [0.717, 1.165) is 30.6 Å². The largest absolute Gasteiger partial charge is 0.416 e. The van der Waals surface area contributed by atoms with Crippen LogP contribution < -0.4 is 5.32 Å². The summed E-state index contributed by atoms with van der Waals surface area (Å²) in [4.78, 5) is 16.7. The predicted octanol–water partition coefficient (Wildman–Crippen LogP) is 6.43. The zero-order valence-corrected chi connectivity index (χ0v) is 20.2. The molecule has 1 N–H and O–H groups in total. The Morgan fingerprint density at radius 3 is 2.22 bits per heavy atom. The van der Waals surface area contributed by atoms with Gasteiger partial charge < -0.3 is 15.1 Å². The summed E-state index contributed by atoms with van der Waals surface area (Å²) in [6, 6.07) is 7.57. The topological polar surface area (TPSA) is 35.6 Å². The number of carbonyl (C=O) groups excluding carboxylic acids is 1. The molecule has 0 aliphatic carbocycles. The first kappa shape index (κ1) is 26.3. The molecule has 2 aromatic carbocycles. The molecule has 0 saturated carbocycles. The lowest BCUT2D eigenvalue weighted by atomic mass is 9.78. The van der Waals surface area contributed by atoms with Crippen LogP contribution >= 0.6 is 0 Å². The summed E-state index contributed by atoms with van der Waals surface area (Å²) in [7, 11) is 1.43. The molecule has 0 radical (unpaired) electrons. The van der Waals surface area contributed by atoms with Crippen molar-refractivity contribution in [1.29, 1.82) is 0 Å². The van der Waals surface area contributed by atoms with Gasteiger partial charge in [-0.25, -0.2) is 4.79 Å². The van der Waals surface area contributed by atoms with Crippen LogP contribution in [0.4, 0.5) is 31.1 Å². The van der Waals surface area contributed by atoms with Crippen LogP contribution in [0.5, 0.6) is 0 Å². The number of urea groups is 1.